The van der Waals surface area contributed by atoms with E-state index in [1.807, 2.05) is 19.2 Å². The normalized spacial score (nSPS) is 32.7. The maximum absolute atomic E-state index is 12.8. The molecule has 0 amide bonds. The van der Waals surface area contributed by atoms with E-state index in [-0.39, 0.29) is 31.2 Å². The molecule has 1 fully saturated rings. The fourth-order valence-electron chi connectivity index (χ4n) is 6.30. The summed E-state index contributed by atoms with van der Waals surface area (Å²) in [4.78, 5) is 26.9. The average molecular weight is 474 g/mol. The number of aliphatic hydroxyl groups is 3. The minimum atomic E-state index is -1.31. The van der Waals surface area contributed by atoms with Gasteiger partial charge in [-0.25, -0.2) is 9.59 Å². The summed E-state index contributed by atoms with van der Waals surface area (Å²) in [5.41, 5.74) is 0.656. The lowest BCUT2D eigenvalue weighted by molar-refractivity contribution is -0.177. The molecule has 1 aromatic carbocycles. The van der Waals surface area contributed by atoms with Crippen LogP contribution in [0.15, 0.2) is 24.0 Å². The maximum Gasteiger partial charge on any atom is 0.352 e. The van der Waals surface area contributed by atoms with Crippen LogP contribution in [-0.2, 0) is 37.5 Å². The molecule has 9 heteroatoms. The summed E-state index contributed by atoms with van der Waals surface area (Å²) in [6.07, 6.45) is 0.111. The van der Waals surface area contributed by atoms with Gasteiger partial charge in [0.25, 0.3) is 0 Å². The molecule has 3 N–H and O–H groups in total. The fraction of sp³-hybridized carbons (Fsp3) is 0.600. The lowest BCUT2D eigenvalue weighted by atomic mass is 9.50. The third kappa shape index (κ3) is 3.00. The molecule has 0 saturated carbocycles. The maximum atomic E-state index is 12.8. The second-order valence-electron chi connectivity index (χ2n) is 9.82. The van der Waals surface area contributed by atoms with E-state index >= 15 is 0 Å². The zero-order chi connectivity index (χ0) is 24.4. The monoisotopic (exact) mass is 473 g/mol. The number of esters is 2. The van der Waals surface area contributed by atoms with Crippen LogP contribution in [0.4, 0.5) is 0 Å². The van der Waals surface area contributed by atoms with Crippen molar-refractivity contribution < 1.29 is 39.1 Å². The molecule has 4 aliphatic rings. The van der Waals surface area contributed by atoms with Crippen LogP contribution in [0.3, 0.4) is 0 Å². The zero-order valence-corrected chi connectivity index (χ0v) is 19.6. The molecule has 1 saturated heterocycles. The number of hydrogen-bond acceptors (Lipinski definition) is 9. The number of rotatable bonds is 6. The smallest absolute Gasteiger partial charge is 0.352 e. The number of aliphatic hydroxyl groups excluding tert-OH is 2. The molecule has 0 aromatic heterocycles. The minimum Gasteiger partial charge on any atom is -0.481 e. The van der Waals surface area contributed by atoms with Gasteiger partial charge < -0.3 is 34.4 Å². The molecule has 2 aliphatic carbocycles. The first-order valence-electron chi connectivity index (χ1n) is 11.8. The Morgan fingerprint density at radius 3 is 2.79 bits per heavy atom. The predicted molar refractivity (Wildman–Crippen MR) is 119 cm³/mol. The number of likely N-dealkylation sites (tertiary alicyclic amines) is 1. The molecule has 34 heavy (non-hydrogen) atoms. The summed E-state index contributed by atoms with van der Waals surface area (Å²) in [5.74, 6) is -0.845. The van der Waals surface area contributed by atoms with E-state index in [4.69, 9.17) is 14.2 Å². The second-order valence-corrected chi connectivity index (χ2v) is 9.82. The van der Waals surface area contributed by atoms with Crippen molar-refractivity contribution in [1.82, 2.24) is 4.90 Å². The summed E-state index contributed by atoms with van der Waals surface area (Å²) in [6, 6.07) is 3.71. The molecular formula is C25H31NO8. The topological polar surface area (TPSA) is 126 Å². The largest absolute Gasteiger partial charge is 0.481 e. The van der Waals surface area contributed by atoms with Gasteiger partial charge in [-0.1, -0.05) is 19.1 Å². The van der Waals surface area contributed by atoms with Gasteiger partial charge in [0.05, 0.1) is 17.6 Å². The van der Waals surface area contributed by atoms with Crippen LogP contribution in [-0.4, -0.2) is 75.7 Å². The summed E-state index contributed by atoms with van der Waals surface area (Å²) in [5, 5.41) is 31.7. The highest BCUT2D eigenvalue weighted by Crippen LogP contribution is 2.64. The molecule has 1 spiro atoms. The molecule has 184 valence electrons. The van der Waals surface area contributed by atoms with Gasteiger partial charge in [-0.2, -0.15) is 0 Å². The van der Waals surface area contributed by atoms with Crippen molar-refractivity contribution in [2.75, 3.05) is 13.6 Å². The van der Waals surface area contributed by atoms with E-state index in [9.17, 15) is 24.9 Å². The summed E-state index contributed by atoms with van der Waals surface area (Å²) in [7, 11) is 2.01. The lowest BCUT2D eigenvalue weighted by Crippen LogP contribution is -2.74. The molecule has 2 bridgehead atoms. The van der Waals surface area contributed by atoms with Gasteiger partial charge in [0.15, 0.2) is 18.3 Å². The van der Waals surface area contributed by atoms with Gasteiger partial charge in [0.2, 0.25) is 0 Å². The van der Waals surface area contributed by atoms with Crippen LogP contribution in [0.2, 0.25) is 0 Å². The van der Waals surface area contributed by atoms with Gasteiger partial charge >= 0.3 is 11.9 Å². The molecule has 9 nitrogen and oxygen atoms in total. The van der Waals surface area contributed by atoms with Crippen molar-refractivity contribution in [1.29, 1.82) is 0 Å². The van der Waals surface area contributed by atoms with Crippen LogP contribution in [0.1, 0.15) is 49.8 Å². The third-order valence-electron chi connectivity index (χ3n) is 8.13. The first kappa shape index (κ1) is 23.3. The summed E-state index contributed by atoms with van der Waals surface area (Å²) >= 11 is 0. The van der Waals surface area contributed by atoms with E-state index in [2.05, 4.69) is 4.90 Å². The van der Waals surface area contributed by atoms with Crippen LogP contribution >= 0.6 is 0 Å². The van der Waals surface area contributed by atoms with Gasteiger partial charge in [-0.05, 0) is 51.4 Å². The number of hydrogen-bond donors (Lipinski definition) is 3. The molecule has 1 aromatic rings. The Balaban J connectivity index is 1.51. The first-order chi connectivity index (χ1) is 16.2. The molecule has 0 radical (unpaired) electrons. The van der Waals surface area contributed by atoms with Gasteiger partial charge in [0, 0.05) is 23.6 Å². The molecule has 6 atom stereocenters. The standard InChI is InChI=1S/C25H31NO8/c1-4-16(28)23(30)32-13(2)22(29)33-17-7-8-25(31)18-11-14-5-6-15(12-27)20-19(14)24(25,21(17)34-20)9-10-26(18)3/h5-7,13,16,18,21,27-28,31H,4,8-12H2,1-3H3/t13-,16-,18+,21?,24?,25+/m0/s1. The lowest BCUT2D eigenvalue weighted by Gasteiger charge is -2.61. The Morgan fingerprint density at radius 2 is 2.09 bits per heavy atom. The van der Waals surface area contributed by atoms with Crippen molar-refractivity contribution in [3.8, 4) is 5.75 Å². The van der Waals surface area contributed by atoms with Crippen molar-refractivity contribution in [3.05, 3.63) is 40.7 Å². The fourth-order valence-corrected chi connectivity index (χ4v) is 6.30. The van der Waals surface area contributed by atoms with Crippen LogP contribution in [0.5, 0.6) is 5.75 Å². The predicted octanol–water partition coefficient (Wildman–Crippen LogP) is 0.702. The minimum absolute atomic E-state index is 0.130. The van der Waals surface area contributed by atoms with Gasteiger partial charge in [0.1, 0.15) is 11.5 Å². The van der Waals surface area contributed by atoms with Crippen LogP contribution < -0.4 is 4.74 Å². The number of benzene rings is 1. The molecular weight excluding hydrogens is 442 g/mol. The van der Waals surface area contributed by atoms with E-state index in [0.717, 1.165) is 17.7 Å². The van der Waals surface area contributed by atoms with Gasteiger partial charge in [-0.15, -0.1) is 0 Å². The number of likely N-dealkylation sites (N-methyl/N-ethyl adjacent to an activating group) is 1. The highest BCUT2D eigenvalue weighted by molar-refractivity contribution is 5.81. The quantitative estimate of drug-likeness (QED) is 0.512. The number of ether oxygens (including phenoxy) is 3. The molecule has 2 heterocycles. The Kier molecular flexibility index (Phi) is 5.51. The number of piperidine rings is 1. The Bertz CT molecular complexity index is 1070. The molecule has 2 aliphatic heterocycles. The Morgan fingerprint density at radius 1 is 1.32 bits per heavy atom. The average Bonchev–Trinajstić information content (AvgIpc) is 3.18. The van der Waals surface area contributed by atoms with E-state index in [0.29, 0.717) is 24.2 Å². The SMILES string of the molecule is CC[C@H](O)C(=O)O[C@@H](C)C(=O)OC1=CC[C@@]2(O)[C@H]3Cc4ccc(CO)c5c4C2(CCN3C)C1O5. The van der Waals surface area contributed by atoms with Crippen molar-refractivity contribution in [3.63, 3.8) is 0 Å². The highest BCUT2D eigenvalue weighted by atomic mass is 16.6. The molecule has 5 rings (SSSR count). The van der Waals surface area contributed by atoms with Crippen molar-refractivity contribution in [2.24, 2.45) is 0 Å². The van der Waals surface area contributed by atoms with Crippen molar-refractivity contribution >= 4 is 11.9 Å². The van der Waals surface area contributed by atoms with Gasteiger partial charge in [-0.3, -0.25) is 0 Å². The Hall–Kier alpha value is -2.46. The van der Waals surface area contributed by atoms with E-state index in [1.165, 1.54) is 6.92 Å². The Labute approximate surface area is 197 Å². The first-order valence-corrected chi connectivity index (χ1v) is 11.8. The number of nitrogens with zero attached hydrogens (tertiary/aromatic N) is 1. The zero-order valence-electron chi connectivity index (χ0n) is 19.6. The number of carbonyl (C=O) groups excluding carboxylic acids is 2. The van der Waals surface area contributed by atoms with Crippen LogP contribution in [0, 0.1) is 0 Å². The van der Waals surface area contributed by atoms with Crippen LogP contribution in [0.25, 0.3) is 0 Å². The van der Waals surface area contributed by atoms with E-state index < -0.39 is 41.3 Å². The summed E-state index contributed by atoms with van der Waals surface area (Å²) < 4.78 is 17.2. The van der Waals surface area contributed by atoms with Crippen molar-refractivity contribution in [2.45, 2.75) is 81.5 Å². The summed E-state index contributed by atoms with van der Waals surface area (Å²) in [6.45, 7) is 3.54. The third-order valence-corrected chi connectivity index (χ3v) is 8.13. The highest BCUT2D eigenvalue weighted by Gasteiger charge is 2.71. The molecule has 2 unspecified atom stereocenters. The number of carbonyl (C=O) groups is 2. The second kappa shape index (κ2) is 8.05. The van der Waals surface area contributed by atoms with E-state index in [1.54, 1.807) is 13.0 Å².